The van der Waals surface area contributed by atoms with Gasteiger partial charge in [-0.25, -0.2) is 9.97 Å². The van der Waals surface area contributed by atoms with Crippen LogP contribution in [0.25, 0.3) is 0 Å². The van der Waals surface area contributed by atoms with E-state index in [-0.39, 0.29) is 17.5 Å². The Labute approximate surface area is 152 Å². The third-order valence-electron chi connectivity index (χ3n) is 4.14. The minimum Gasteiger partial charge on any atom is -0.353 e. The van der Waals surface area contributed by atoms with Gasteiger partial charge in [0.1, 0.15) is 11.5 Å². The number of carbonyl (C=O) groups is 2. The Kier molecular flexibility index (Phi) is 5.43. The average Bonchev–Trinajstić information content (AvgIpc) is 2.62. The molecule has 0 spiro atoms. The zero-order valence-corrected chi connectivity index (χ0v) is 14.9. The Morgan fingerprint density at radius 3 is 2.31 bits per heavy atom. The van der Waals surface area contributed by atoms with Crippen molar-refractivity contribution >= 4 is 29.0 Å². The van der Waals surface area contributed by atoms with Crippen molar-refractivity contribution in [2.75, 3.05) is 48.8 Å². The standard InChI is InChI=1S/C18H22N6O2/c1-13(25)21-14-4-3-5-15(10-14)22-18(26)16-11-20-17(12-19-16)24-8-6-23(2)7-9-24/h3-5,10-12H,6-9H2,1-2H3,(H,21,25)(H,22,26). The average molecular weight is 354 g/mol. The Balaban J connectivity index is 1.64. The van der Waals surface area contributed by atoms with Gasteiger partial charge in [-0.05, 0) is 25.2 Å². The van der Waals surface area contributed by atoms with Crippen molar-refractivity contribution in [3.05, 3.63) is 42.4 Å². The van der Waals surface area contributed by atoms with E-state index in [2.05, 4.69) is 37.4 Å². The molecule has 3 rings (SSSR count). The minimum absolute atomic E-state index is 0.168. The zero-order chi connectivity index (χ0) is 18.5. The first-order valence-electron chi connectivity index (χ1n) is 8.46. The van der Waals surface area contributed by atoms with Crippen LogP contribution in [0.5, 0.6) is 0 Å². The lowest BCUT2D eigenvalue weighted by molar-refractivity contribution is -0.114. The first-order valence-corrected chi connectivity index (χ1v) is 8.46. The lowest BCUT2D eigenvalue weighted by Gasteiger charge is -2.32. The van der Waals surface area contributed by atoms with Crippen molar-refractivity contribution in [3.63, 3.8) is 0 Å². The molecule has 1 saturated heterocycles. The molecule has 0 radical (unpaired) electrons. The second kappa shape index (κ2) is 7.92. The summed E-state index contributed by atoms with van der Waals surface area (Å²) in [6.07, 6.45) is 3.12. The van der Waals surface area contributed by atoms with Crippen LogP contribution in [0.3, 0.4) is 0 Å². The van der Waals surface area contributed by atoms with E-state index in [0.717, 1.165) is 32.0 Å². The Hall–Kier alpha value is -3.00. The van der Waals surface area contributed by atoms with Gasteiger partial charge in [0, 0.05) is 44.5 Å². The third-order valence-corrected chi connectivity index (χ3v) is 4.14. The van der Waals surface area contributed by atoms with E-state index in [1.54, 1.807) is 30.5 Å². The highest BCUT2D eigenvalue weighted by molar-refractivity contribution is 6.03. The van der Waals surface area contributed by atoms with E-state index < -0.39 is 0 Å². The fourth-order valence-corrected chi connectivity index (χ4v) is 2.71. The number of likely N-dealkylation sites (N-methyl/N-ethyl adjacent to an activating group) is 1. The van der Waals surface area contributed by atoms with Crippen LogP contribution < -0.4 is 15.5 Å². The largest absolute Gasteiger partial charge is 0.353 e. The third kappa shape index (κ3) is 4.54. The molecule has 2 aromatic rings. The van der Waals surface area contributed by atoms with E-state index in [0.29, 0.717) is 11.4 Å². The molecule has 1 aliphatic rings. The summed E-state index contributed by atoms with van der Waals surface area (Å²) in [4.78, 5) is 36.5. The Bertz CT molecular complexity index is 785. The summed E-state index contributed by atoms with van der Waals surface area (Å²) >= 11 is 0. The number of piperazine rings is 1. The molecule has 1 fully saturated rings. The molecule has 1 aromatic carbocycles. The number of nitrogens with one attached hydrogen (secondary N) is 2. The lowest BCUT2D eigenvalue weighted by atomic mass is 10.2. The quantitative estimate of drug-likeness (QED) is 0.863. The number of anilines is 3. The van der Waals surface area contributed by atoms with Crippen LogP contribution in [0.1, 0.15) is 17.4 Å². The van der Waals surface area contributed by atoms with Crippen LogP contribution in [-0.2, 0) is 4.79 Å². The molecule has 0 bridgehead atoms. The fourth-order valence-electron chi connectivity index (χ4n) is 2.71. The first-order chi connectivity index (χ1) is 12.5. The normalized spacial score (nSPS) is 14.8. The SMILES string of the molecule is CC(=O)Nc1cccc(NC(=O)c2cnc(N3CCN(C)CC3)cn2)c1. The highest BCUT2D eigenvalue weighted by atomic mass is 16.2. The molecule has 2 N–H and O–H groups in total. The maximum Gasteiger partial charge on any atom is 0.275 e. The molecule has 0 aliphatic carbocycles. The number of amides is 2. The molecule has 8 nitrogen and oxygen atoms in total. The number of carbonyl (C=O) groups excluding carboxylic acids is 2. The summed E-state index contributed by atoms with van der Waals surface area (Å²) in [5.74, 6) is 0.267. The highest BCUT2D eigenvalue weighted by Crippen LogP contribution is 2.16. The molecular weight excluding hydrogens is 332 g/mol. The number of aromatic nitrogens is 2. The Morgan fingerprint density at radius 1 is 1.00 bits per heavy atom. The van der Waals surface area contributed by atoms with Gasteiger partial charge in [0.15, 0.2) is 0 Å². The zero-order valence-electron chi connectivity index (χ0n) is 14.9. The predicted octanol–water partition coefficient (Wildman–Crippen LogP) is 1.44. The second-order valence-corrected chi connectivity index (χ2v) is 6.27. The molecule has 2 amide bonds. The summed E-state index contributed by atoms with van der Waals surface area (Å²) in [6.45, 7) is 5.19. The summed E-state index contributed by atoms with van der Waals surface area (Å²) < 4.78 is 0. The molecule has 8 heteroatoms. The van der Waals surface area contributed by atoms with Crippen LogP contribution in [0.2, 0.25) is 0 Å². The molecular formula is C18H22N6O2. The van der Waals surface area contributed by atoms with E-state index in [4.69, 9.17) is 0 Å². The maximum atomic E-state index is 12.4. The molecule has 2 heterocycles. The van der Waals surface area contributed by atoms with Gasteiger partial charge >= 0.3 is 0 Å². The molecule has 1 aromatic heterocycles. The van der Waals surface area contributed by atoms with Crippen LogP contribution in [0.15, 0.2) is 36.7 Å². The van der Waals surface area contributed by atoms with Crippen LogP contribution in [-0.4, -0.2) is 59.9 Å². The summed E-state index contributed by atoms with van der Waals surface area (Å²) in [5, 5.41) is 5.44. The van der Waals surface area contributed by atoms with Gasteiger partial charge in [-0.15, -0.1) is 0 Å². The van der Waals surface area contributed by atoms with Crippen molar-refractivity contribution < 1.29 is 9.59 Å². The van der Waals surface area contributed by atoms with Gasteiger partial charge in [0.2, 0.25) is 5.91 Å². The van der Waals surface area contributed by atoms with E-state index in [1.807, 2.05) is 0 Å². The molecule has 1 aliphatic heterocycles. The van der Waals surface area contributed by atoms with Gasteiger partial charge in [-0.1, -0.05) is 6.07 Å². The van der Waals surface area contributed by atoms with Crippen molar-refractivity contribution in [2.24, 2.45) is 0 Å². The van der Waals surface area contributed by atoms with E-state index >= 15 is 0 Å². The monoisotopic (exact) mass is 354 g/mol. The number of nitrogens with zero attached hydrogens (tertiary/aromatic N) is 4. The minimum atomic E-state index is -0.345. The van der Waals surface area contributed by atoms with Gasteiger partial charge < -0.3 is 20.4 Å². The smallest absolute Gasteiger partial charge is 0.275 e. The van der Waals surface area contributed by atoms with Crippen LogP contribution >= 0.6 is 0 Å². The van der Waals surface area contributed by atoms with Gasteiger partial charge in [0.25, 0.3) is 5.91 Å². The number of hydrogen-bond acceptors (Lipinski definition) is 6. The van der Waals surface area contributed by atoms with Crippen LogP contribution in [0.4, 0.5) is 17.2 Å². The van der Waals surface area contributed by atoms with Crippen molar-refractivity contribution in [3.8, 4) is 0 Å². The molecule has 0 saturated carbocycles. The van der Waals surface area contributed by atoms with Gasteiger partial charge in [-0.3, -0.25) is 9.59 Å². The first kappa shape index (κ1) is 17.8. The summed E-state index contributed by atoms with van der Waals surface area (Å²) in [7, 11) is 2.09. The van der Waals surface area contributed by atoms with Crippen molar-refractivity contribution in [2.45, 2.75) is 6.92 Å². The molecule has 0 atom stereocenters. The number of rotatable bonds is 4. The number of benzene rings is 1. The summed E-state index contributed by atoms with van der Waals surface area (Å²) in [6, 6.07) is 6.94. The molecule has 0 unspecified atom stereocenters. The van der Waals surface area contributed by atoms with Gasteiger partial charge in [-0.2, -0.15) is 0 Å². The predicted molar refractivity (Wildman–Crippen MR) is 100 cm³/mol. The number of hydrogen-bond donors (Lipinski definition) is 2. The topological polar surface area (TPSA) is 90.5 Å². The van der Waals surface area contributed by atoms with Crippen molar-refractivity contribution in [1.29, 1.82) is 0 Å². The van der Waals surface area contributed by atoms with Crippen LogP contribution in [0, 0.1) is 0 Å². The van der Waals surface area contributed by atoms with Gasteiger partial charge in [0.05, 0.1) is 12.4 Å². The summed E-state index contributed by atoms with van der Waals surface area (Å²) in [5.41, 5.74) is 1.44. The second-order valence-electron chi connectivity index (χ2n) is 6.27. The van der Waals surface area contributed by atoms with Crippen molar-refractivity contribution in [1.82, 2.24) is 14.9 Å². The maximum absolute atomic E-state index is 12.4. The highest BCUT2D eigenvalue weighted by Gasteiger charge is 2.16. The molecule has 136 valence electrons. The van der Waals surface area contributed by atoms with E-state index in [1.165, 1.54) is 13.1 Å². The Morgan fingerprint density at radius 2 is 1.69 bits per heavy atom. The van der Waals surface area contributed by atoms with E-state index in [9.17, 15) is 9.59 Å². The molecule has 26 heavy (non-hydrogen) atoms. The lowest BCUT2D eigenvalue weighted by Crippen LogP contribution is -2.44. The fraction of sp³-hybridized carbons (Fsp3) is 0.333.